The van der Waals surface area contributed by atoms with E-state index in [4.69, 9.17) is 9.47 Å². The Bertz CT molecular complexity index is 911. The Morgan fingerprint density at radius 3 is 2.34 bits per heavy atom. The molecule has 0 saturated carbocycles. The van der Waals surface area contributed by atoms with Gasteiger partial charge in [-0.2, -0.15) is 0 Å². The first-order chi connectivity index (χ1) is 18.3. The van der Waals surface area contributed by atoms with Crippen molar-refractivity contribution in [3.05, 3.63) is 47.5 Å². The van der Waals surface area contributed by atoms with Gasteiger partial charge in [0.15, 0.2) is 5.79 Å². The molecule has 8 heteroatoms. The van der Waals surface area contributed by atoms with Gasteiger partial charge in [0.05, 0.1) is 12.7 Å². The van der Waals surface area contributed by atoms with E-state index in [1.165, 1.54) is 4.90 Å². The molecule has 1 heterocycles. The van der Waals surface area contributed by atoms with Gasteiger partial charge in [-0.05, 0) is 24.5 Å². The molecule has 1 aromatic carbocycles. The summed E-state index contributed by atoms with van der Waals surface area (Å²) in [5, 5.41) is 22.9. The number of nitrogens with one attached hydrogen (secondary N) is 1. The van der Waals surface area contributed by atoms with E-state index in [1.807, 2.05) is 30.3 Å². The lowest BCUT2D eigenvalue weighted by molar-refractivity contribution is -0.190. The van der Waals surface area contributed by atoms with Gasteiger partial charge in [-0.1, -0.05) is 69.9 Å². The summed E-state index contributed by atoms with van der Waals surface area (Å²) in [4.78, 5) is 28.1. The average molecular weight is 531 g/mol. The molecule has 1 aliphatic carbocycles. The summed E-state index contributed by atoms with van der Waals surface area (Å²) in [6, 6.07) is 8.75. The van der Waals surface area contributed by atoms with Crippen molar-refractivity contribution in [3.8, 4) is 0 Å². The number of nitrogens with zero attached hydrogens (tertiary/aromatic N) is 1. The molecule has 1 fully saturated rings. The summed E-state index contributed by atoms with van der Waals surface area (Å²) in [5.74, 6) is -1.39. The van der Waals surface area contributed by atoms with Crippen LogP contribution in [0.3, 0.4) is 0 Å². The van der Waals surface area contributed by atoms with Crippen molar-refractivity contribution in [3.63, 3.8) is 0 Å². The van der Waals surface area contributed by atoms with Crippen LogP contribution in [0.1, 0.15) is 77.2 Å². The number of hydrogen-bond donors (Lipinski definition) is 3. The third-order valence-electron chi connectivity index (χ3n) is 7.57. The maximum atomic E-state index is 13.6. The van der Waals surface area contributed by atoms with Crippen molar-refractivity contribution in [1.29, 1.82) is 0 Å². The Balaban J connectivity index is 1.78. The van der Waals surface area contributed by atoms with Gasteiger partial charge < -0.3 is 29.9 Å². The fourth-order valence-electron chi connectivity index (χ4n) is 5.41. The minimum atomic E-state index is -0.868. The van der Waals surface area contributed by atoms with Crippen LogP contribution in [-0.4, -0.2) is 77.3 Å². The lowest BCUT2D eigenvalue weighted by Crippen LogP contribution is -2.51. The molecule has 0 aromatic heterocycles. The molecule has 8 nitrogen and oxygen atoms in total. The predicted molar refractivity (Wildman–Crippen MR) is 146 cm³/mol. The van der Waals surface area contributed by atoms with Gasteiger partial charge in [0.2, 0.25) is 11.8 Å². The monoisotopic (exact) mass is 530 g/mol. The molecule has 1 saturated heterocycles. The van der Waals surface area contributed by atoms with Crippen LogP contribution >= 0.6 is 0 Å². The lowest BCUT2D eigenvalue weighted by atomic mass is 9.91. The fourth-order valence-corrected chi connectivity index (χ4v) is 5.41. The number of fused-ring (bicyclic) bond motifs is 1. The predicted octanol–water partition coefficient (Wildman–Crippen LogP) is 3.50. The molecule has 0 spiro atoms. The van der Waals surface area contributed by atoms with Crippen LogP contribution in [-0.2, 0) is 25.5 Å². The molecule has 1 aromatic rings. The summed E-state index contributed by atoms with van der Waals surface area (Å²) in [7, 11) is 1.61. The van der Waals surface area contributed by atoms with Gasteiger partial charge in [0.25, 0.3) is 0 Å². The number of rotatable bonds is 15. The SMILES string of the molecule is CCCCCC1(CCCCC)O[C@H]2[C@H](O)CC(C(=O)N(C)[C@H](Cc3ccccc3)C(=O)NCCO)=C[C@H]2O1. The molecule has 3 rings (SSSR count). The number of carbonyl (C=O) groups excluding carboxylic acids is 2. The Labute approximate surface area is 227 Å². The molecule has 212 valence electrons. The molecule has 0 radical (unpaired) electrons. The molecule has 2 amide bonds. The first-order valence-electron chi connectivity index (χ1n) is 14.3. The van der Waals surface area contributed by atoms with E-state index >= 15 is 0 Å². The van der Waals surface area contributed by atoms with E-state index in [0.29, 0.717) is 12.0 Å². The number of hydrogen-bond acceptors (Lipinski definition) is 6. The van der Waals surface area contributed by atoms with E-state index in [1.54, 1.807) is 13.1 Å². The number of aliphatic hydroxyl groups excluding tert-OH is 2. The van der Waals surface area contributed by atoms with Gasteiger partial charge in [0.1, 0.15) is 18.2 Å². The van der Waals surface area contributed by atoms with Crippen molar-refractivity contribution >= 4 is 11.8 Å². The Kier molecular flexibility index (Phi) is 11.8. The molecule has 2 aliphatic rings. The molecule has 0 bridgehead atoms. The zero-order valence-electron chi connectivity index (χ0n) is 23.2. The van der Waals surface area contributed by atoms with Crippen LogP contribution in [0.5, 0.6) is 0 Å². The smallest absolute Gasteiger partial charge is 0.250 e. The Morgan fingerprint density at radius 1 is 1.08 bits per heavy atom. The second-order valence-corrected chi connectivity index (χ2v) is 10.6. The highest BCUT2D eigenvalue weighted by Crippen LogP contribution is 2.42. The first-order valence-corrected chi connectivity index (χ1v) is 14.3. The van der Waals surface area contributed by atoms with Crippen molar-refractivity contribution < 1.29 is 29.3 Å². The number of likely N-dealkylation sites (N-methyl/N-ethyl adjacent to an activating group) is 1. The van der Waals surface area contributed by atoms with E-state index < -0.39 is 30.1 Å². The summed E-state index contributed by atoms with van der Waals surface area (Å²) < 4.78 is 12.9. The minimum Gasteiger partial charge on any atom is -0.395 e. The van der Waals surface area contributed by atoms with Crippen LogP contribution < -0.4 is 5.32 Å². The normalized spacial score (nSPS) is 22.9. The largest absolute Gasteiger partial charge is 0.395 e. The highest BCUT2D eigenvalue weighted by molar-refractivity contribution is 5.97. The molecule has 1 aliphatic heterocycles. The quantitative estimate of drug-likeness (QED) is 0.300. The second kappa shape index (κ2) is 14.8. The number of carbonyl (C=O) groups is 2. The minimum absolute atomic E-state index is 0.112. The van der Waals surface area contributed by atoms with Crippen LogP contribution in [0.25, 0.3) is 0 Å². The maximum absolute atomic E-state index is 13.6. The Morgan fingerprint density at radius 2 is 1.74 bits per heavy atom. The van der Waals surface area contributed by atoms with E-state index in [0.717, 1.165) is 56.9 Å². The molecular formula is C30H46N2O6. The number of benzene rings is 1. The first kappa shape index (κ1) is 30.3. The van der Waals surface area contributed by atoms with E-state index in [-0.39, 0.29) is 31.4 Å². The Hall–Kier alpha value is -2.26. The summed E-state index contributed by atoms with van der Waals surface area (Å²) in [6.07, 6.45) is 8.27. The van der Waals surface area contributed by atoms with E-state index in [9.17, 15) is 19.8 Å². The summed E-state index contributed by atoms with van der Waals surface area (Å²) in [5.41, 5.74) is 1.35. The molecule has 38 heavy (non-hydrogen) atoms. The number of ether oxygens (including phenoxy) is 2. The van der Waals surface area contributed by atoms with E-state index in [2.05, 4.69) is 19.2 Å². The van der Waals surface area contributed by atoms with Gasteiger partial charge in [-0.3, -0.25) is 9.59 Å². The topological polar surface area (TPSA) is 108 Å². The van der Waals surface area contributed by atoms with Gasteiger partial charge in [-0.15, -0.1) is 0 Å². The van der Waals surface area contributed by atoms with Crippen LogP contribution in [0.15, 0.2) is 42.0 Å². The second-order valence-electron chi connectivity index (χ2n) is 10.6. The lowest BCUT2D eigenvalue weighted by Gasteiger charge is -2.32. The van der Waals surface area contributed by atoms with Crippen LogP contribution in [0.2, 0.25) is 0 Å². The number of unbranched alkanes of at least 4 members (excludes halogenated alkanes) is 4. The summed E-state index contributed by atoms with van der Waals surface area (Å²) in [6.45, 7) is 4.25. The van der Waals surface area contributed by atoms with Crippen LogP contribution in [0.4, 0.5) is 0 Å². The number of aliphatic hydroxyl groups is 2. The highest BCUT2D eigenvalue weighted by atomic mass is 16.8. The van der Waals surface area contributed by atoms with Crippen molar-refractivity contribution in [2.24, 2.45) is 0 Å². The number of amides is 2. The van der Waals surface area contributed by atoms with Gasteiger partial charge >= 0.3 is 0 Å². The van der Waals surface area contributed by atoms with Crippen molar-refractivity contribution in [2.75, 3.05) is 20.2 Å². The van der Waals surface area contributed by atoms with Crippen molar-refractivity contribution in [1.82, 2.24) is 10.2 Å². The zero-order chi connectivity index (χ0) is 27.5. The summed E-state index contributed by atoms with van der Waals surface area (Å²) >= 11 is 0. The standard InChI is InChI=1S/C30H46N2O6/c1-4-6-11-15-30(16-12-7-5-2)37-26-21-23(20-25(34)27(26)38-30)29(36)32(3)24(28(35)31-17-18-33)19-22-13-9-8-10-14-22/h8-10,13-14,21,24-27,33-34H,4-7,11-12,15-20H2,1-3H3,(H,31,35)/t24-,25-,26-,27+/m1/s1. The van der Waals surface area contributed by atoms with Crippen LogP contribution in [0, 0.1) is 0 Å². The fraction of sp³-hybridized carbons (Fsp3) is 0.667. The molecule has 3 N–H and O–H groups in total. The maximum Gasteiger partial charge on any atom is 0.250 e. The average Bonchev–Trinajstić information content (AvgIpc) is 3.29. The third-order valence-corrected chi connectivity index (χ3v) is 7.57. The molecule has 0 unspecified atom stereocenters. The highest BCUT2D eigenvalue weighted by Gasteiger charge is 2.51. The molecular weight excluding hydrogens is 484 g/mol. The van der Waals surface area contributed by atoms with Gasteiger partial charge in [0, 0.05) is 44.8 Å². The molecule has 4 atom stereocenters. The zero-order valence-corrected chi connectivity index (χ0v) is 23.2. The van der Waals surface area contributed by atoms with Crippen molar-refractivity contribution in [2.45, 2.75) is 108 Å². The van der Waals surface area contributed by atoms with Gasteiger partial charge in [-0.25, -0.2) is 0 Å². The third kappa shape index (κ3) is 7.88.